The summed E-state index contributed by atoms with van der Waals surface area (Å²) in [5.74, 6) is 0.897. The second kappa shape index (κ2) is 5.54. The normalized spacial score (nSPS) is 10.0. The second-order valence-corrected chi connectivity index (χ2v) is 3.72. The van der Waals surface area contributed by atoms with Gasteiger partial charge in [-0.15, -0.1) is 0 Å². The molecule has 0 aliphatic carbocycles. The van der Waals surface area contributed by atoms with E-state index in [4.69, 9.17) is 4.74 Å². The van der Waals surface area contributed by atoms with Gasteiger partial charge in [-0.25, -0.2) is 0 Å². The molecule has 0 bridgehead atoms. The Hall–Kier alpha value is -1.51. The van der Waals surface area contributed by atoms with Crippen molar-refractivity contribution in [3.63, 3.8) is 0 Å². The Bertz CT molecular complexity index is 361. The fourth-order valence-electron chi connectivity index (χ4n) is 1.82. The van der Waals surface area contributed by atoms with Crippen molar-refractivity contribution < 1.29 is 9.53 Å². The number of hydrogen-bond acceptors (Lipinski definition) is 2. The van der Waals surface area contributed by atoms with Gasteiger partial charge in [-0.05, 0) is 36.1 Å². The molecule has 0 unspecified atom stereocenters. The van der Waals surface area contributed by atoms with Crippen LogP contribution in [0, 0.1) is 0 Å². The summed E-state index contributed by atoms with van der Waals surface area (Å²) in [4.78, 5) is 11.0. The number of rotatable bonds is 4. The van der Waals surface area contributed by atoms with Crippen LogP contribution in [-0.2, 0) is 17.6 Å². The lowest BCUT2D eigenvalue weighted by atomic mass is 10.0. The smallest absolute Gasteiger partial charge is 0.221 e. The van der Waals surface area contributed by atoms with E-state index in [0.717, 1.165) is 35.4 Å². The molecule has 1 aromatic rings. The third-order valence-electron chi connectivity index (χ3n) is 2.53. The molecule has 0 saturated heterocycles. The summed E-state index contributed by atoms with van der Waals surface area (Å²) in [7, 11) is 1.69. The van der Waals surface area contributed by atoms with E-state index in [9.17, 15) is 4.79 Å². The molecule has 0 saturated carbocycles. The predicted octanol–water partition coefficient (Wildman–Crippen LogP) is 2.78. The quantitative estimate of drug-likeness (QED) is 0.849. The Labute approximate surface area is 96.8 Å². The molecule has 3 nitrogen and oxygen atoms in total. The molecule has 88 valence electrons. The van der Waals surface area contributed by atoms with Gasteiger partial charge < -0.3 is 10.1 Å². The lowest BCUT2D eigenvalue weighted by Gasteiger charge is -2.14. The number of benzene rings is 1. The van der Waals surface area contributed by atoms with E-state index in [1.54, 1.807) is 7.11 Å². The van der Waals surface area contributed by atoms with E-state index >= 15 is 0 Å². The monoisotopic (exact) mass is 221 g/mol. The first-order valence-corrected chi connectivity index (χ1v) is 5.59. The van der Waals surface area contributed by atoms with E-state index in [2.05, 4.69) is 19.2 Å². The van der Waals surface area contributed by atoms with Gasteiger partial charge in [-0.2, -0.15) is 0 Å². The molecule has 1 rings (SSSR count). The van der Waals surface area contributed by atoms with Crippen molar-refractivity contribution in [3.05, 3.63) is 23.3 Å². The molecule has 3 heteroatoms. The summed E-state index contributed by atoms with van der Waals surface area (Å²) in [6.45, 7) is 5.67. The number of aryl methyl sites for hydroxylation is 2. The Kier molecular flexibility index (Phi) is 4.35. The van der Waals surface area contributed by atoms with Crippen LogP contribution in [0.25, 0.3) is 0 Å². The molecule has 0 fully saturated rings. The fraction of sp³-hybridized carbons (Fsp3) is 0.462. The maximum Gasteiger partial charge on any atom is 0.221 e. The molecule has 1 aromatic carbocycles. The van der Waals surface area contributed by atoms with Gasteiger partial charge in [0, 0.05) is 12.6 Å². The van der Waals surface area contributed by atoms with Crippen LogP contribution in [0.1, 0.15) is 31.9 Å². The van der Waals surface area contributed by atoms with Gasteiger partial charge in [0.15, 0.2) is 0 Å². The molecule has 0 atom stereocenters. The second-order valence-electron chi connectivity index (χ2n) is 3.72. The molecule has 0 radical (unpaired) electrons. The van der Waals surface area contributed by atoms with Crippen molar-refractivity contribution in [1.82, 2.24) is 0 Å². The summed E-state index contributed by atoms with van der Waals surface area (Å²) in [6.07, 6.45) is 1.78. The van der Waals surface area contributed by atoms with Gasteiger partial charge in [0.2, 0.25) is 5.91 Å². The molecule has 0 spiro atoms. The van der Waals surface area contributed by atoms with Gasteiger partial charge in [0.1, 0.15) is 5.75 Å². The number of carbonyl (C=O) groups excluding carboxylic acids is 1. The minimum absolute atomic E-state index is 0.0470. The highest BCUT2D eigenvalue weighted by Crippen LogP contribution is 2.29. The summed E-state index contributed by atoms with van der Waals surface area (Å²) in [6, 6.07) is 3.94. The molecule has 16 heavy (non-hydrogen) atoms. The van der Waals surface area contributed by atoms with Crippen LogP contribution < -0.4 is 10.1 Å². The molecule has 0 aliphatic heterocycles. The highest BCUT2D eigenvalue weighted by molar-refractivity contribution is 5.89. The topological polar surface area (TPSA) is 38.3 Å². The SMILES string of the molecule is CCc1cc(NC(C)=O)cc(CC)c1OC. The molecular weight excluding hydrogens is 202 g/mol. The number of amides is 1. The average molecular weight is 221 g/mol. The van der Waals surface area contributed by atoms with Crippen LogP contribution in [0.3, 0.4) is 0 Å². The Morgan fingerprint density at radius 3 is 2.06 bits per heavy atom. The van der Waals surface area contributed by atoms with Gasteiger partial charge in [0.05, 0.1) is 7.11 Å². The lowest BCUT2D eigenvalue weighted by Crippen LogP contribution is -2.07. The minimum atomic E-state index is -0.0470. The maximum absolute atomic E-state index is 11.0. The Balaban J connectivity index is 3.20. The highest BCUT2D eigenvalue weighted by atomic mass is 16.5. The molecule has 0 aromatic heterocycles. The average Bonchev–Trinajstić information content (AvgIpc) is 2.26. The molecule has 1 N–H and O–H groups in total. The van der Waals surface area contributed by atoms with Crippen molar-refractivity contribution in [2.24, 2.45) is 0 Å². The number of hydrogen-bond donors (Lipinski definition) is 1. The zero-order valence-corrected chi connectivity index (χ0v) is 10.4. The first kappa shape index (κ1) is 12.6. The number of methoxy groups -OCH3 is 1. The van der Waals surface area contributed by atoms with Crippen LogP contribution in [0.2, 0.25) is 0 Å². The minimum Gasteiger partial charge on any atom is -0.496 e. The highest BCUT2D eigenvalue weighted by Gasteiger charge is 2.09. The van der Waals surface area contributed by atoms with Crippen LogP contribution in [0.4, 0.5) is 5.69 Å². The van der Waals surface area contributed by atoms with E-state index in [1.807, 2.05) is 12.1 Å². The first-order valence-electron chi connectivity index (χ1n) is 5.59. The van der Waals surface area contributed by atoms with Crippen molar-refractivity contribution in [1.29, 1.82) is 0 Å². The first-order chi connectivity index (χ1) is 7.62. The third kappa shape index (κ3) is 2.75. The van der Waals surface area contributed by atoms with Gasteiger partial charge in [-0.1, -0.05) is 13.8 Å². The van der Waals surface area contributed by atoms with Crippen molar-refractivity contribution in [3.8, 4) is 5.75 Å². The van der Waals surface area contributed by atoms with Gasteiger partial charge in [0.25, 0.3) is 0 Å². The zero-order valence-electron chi connectivity index (χ0n) is 10.4. The van der Waals surface area contributed by atoms with Crippen molar-refractivity contribution in [2.75, 3.05) is 12.4 Å². The summed E-state index contributed by atoms with van der Waals surface area (Å²) < 4.78 is 5.41. The van der Waals surface area contributed by atoms with Crippen LogP contribution in [0.15, 0.2) is 12.1 Å². The number of nitrogens with one attached hydrogen (secondary N) is 1. The van der Waals surface area contributed by atoms with Crippen LogP contribution in [0.5, 0.6) is 5.75 Å². The molecular formula is C13H19NO2. The molecule has 1 amide bonds. The van der Waals surface area contributed by atoms with Gasteiger partial charge in [-0.3, -0.25) is 4.79 Å². The zero-order chi connectivity index (χ0) is 12.1. The fourth-order valence-corrected chi connectivity index (χ4v) is 1.82. The Morgan fingerprint density at radius 2 is 1.75 bits per heavy atom. The number of carbonyl (C=O) groups is 1. The number of anilines is 1. The van der Waals surface area contributed by atoms with E-state index in [0.29, 0.717) is 0 Å². The van der Waals surface area contributed by atoms with E-state index < -0.39 is 0 Å². The summed E-state index contributed by atoms with van der Waals surface area (Å²) >= 11 is 0. The summed E-state index contributed by atoms with van der Waals surface area (Å²) in [5.41, 5.74) is 3.11. The van der Waals surface area contributed by atoms with Gasteiger partial charge >= 0.3 is 0 Å². The van der Waals surface area contributed by atoms with Crippen LogP contribution >= 0.6 is 0 Å². The molecule has 0 heterocycles. The van der Waals surface area contributed by atoms with Crippen molar-refractivity contribution in [2.45, 2.75) is 33.6 Å². The van der Waals surface area contributed by atoms with Crippen LogP contribution in [-0.4, -0.2) is 13.0 Å². The number of ether oxygens (including phenoxy) is 1. The van der Waals surface area contributed by atoms with Crippen molar-refractivity contribution >= 4 is 11.6 Å². The largest absolute Gasteiger partial charge is 0.496 e. The van der Waals surface area contributed by atoms with E-state index in [1.165, 1.54) is 6.92 Å². The lowest BCUT2D eigenvalue weighted by molar-refractivity contribution is -0.114. The standard InChI is InChI=1S/C13H19NO2/c1-5-10-7-12(14-9(3)15)8-11(6-2)13(10)16-4/h7-8H,5-6H2,1-4H3,(H,14,15). The maximum atomic E-state index is 11.0. The molecule has 0 aliphatic rings. The predicted molar refractivity (Wildman–Crippen MR) is 66.1 cm³/mol. The third-order valence-corrected chi connectivity index (χ3v) is 2.53. The Morgan fingerprint density at radius 1 is 1.25 bits per heavy atom. The summed E-state index contributed by atoms with van der Waals surface area (Å²) in [5, 5.41) is 2.81. The van der Waals surface area contributed by atoms with E-state index in [-0.39, 0.29) is 5.91 Å².